The Morgan fingerprint density at radius 2 is 2.19 bits per heavy atom. The van der Waals surface area contributed by atoms with Gasteiger partial charge in [-0.1, -0.05) is 23.7 Å². The molecule has 0 spiro atoms. The molecule has 0 aliphatic carbocycles. The summed E-state index contributed by atoms with van der Waals surface area (Å²) < 4.78 is 11.2. The summed E-state index contributed by atoms with van der Waals surface area (Å²) in [5, 5.41) is 3.97. The van der Waals surface area contributed by atoms with Crippen molar-refractivity contribution in [3.63, 3.8) is 0 Å². The van der Waals surface area contributed by atoms with Crippen molar-refractivity contribution >= 4 is 17.3 Å². The Hall–Kier alpha value is -1.91. The normalized spacial score (nSPS) is 16.6. The van der Waals surface area contributed by atoms with E-state index in [1.54, 1.807) is 13.2 Å². The summed E-state index contributed by atoms with van der Waals surface area (Å²) in [6.07, 6.45) is -0.0318. The maximum atomic E-state index is 6.37. The highest BCUT2D eigenvalue weighted by Crippen LogP contribution is 2.42. The minimum atomic E-state index is -0.0318. The maximum absolute atomic E-state index is 6.37. The van der Waals surface area contributed by atoms with E-state index in [1.807, 2.05) is 30.3 Å². The lowest BCUT2D eigenvalue weighted by molar-refractivity contribution is 0.215. The summed E-state index contributed by atoms with van der Waals surface area (Å²) >= 11 is 6.37. The van der Waals surface area contributed by atoms with Gasteiger partial charge in [-0.05, 0) is 24.3 Å². The van der Waals surface area contributed by atoms with Gasteiger partial charge in [-0.15, -0.1) is 0 Å². The smallest absolute Gasteiger partial charge is 0.150 e. The highest BCUT2D eigenvalue weighted by atomic mass is 35.5. The molecule has 0 fully saturated rings. The van der Waals surface area contributed by atoms with Gasteiger partial charge >= 0.3 is 0 Å². The van der Waals surface area contributed by atoms with Gasteiger partial charge in [-0.25, -0.2) is 0 Å². The zero-order valence-corrected chi connectivity index (χ0v) is 12.5. The van der Waals surface area contributed by atoms with Crippen molar-refractivity contribution in [1.82, 2.24) is 0 Å². The van der Waals surface area contributed by atoms with Crippen LogP contribution >= 0.6 is 11.6 Å². The van der Waals surface area contributed by atoms with Crippen molar-refractivity contribution in [2.45, 2.75) is 6.10 Å². The van der Waals surface area contributed by atoms with Crippen LogP contribution in [0, 0.1) is 0 Å². The number of nitrogens with one attached hydrogen (secondary N) is 1. The van der Waals surface area contributed by atoms with Crippen LogP contribution in [0.1, 0.15) is 0 Å². The van der Waals surface area contributed by atoms with E-state index in [9.17, 15) is 0 Å². The summed E-state index contributed by atoms with van der Waals surface area (Å²) in [6, 6.07) is 11.6. The van der Waals surface area contributed by atoms with Crippen molar-refractivity contribution in [1.29, 1.82) is 0 Å². The maximum Gasteiger partial charge on any atom is 0.150 e. The first-order valence-electron chi connectivity index (χ1n) is 6.80. The molecule has 2 aromatic carbocycles. The van der Waals surface area contributed by atoms with Gasteiger partial charge in [0.1, 0.15) is 11.9 Å². The third kappa shape index (κ3) is 2.64. The first-order chi connectivity index (χ1) is 10.2. The Morgan fingerprint density at radius 1 is 1.33 bits per heavy atom. The third-order valence-electron chi connectivity index (χ3n) is 3.55. The van der Waals surface area contributed by atoms with E-state index in [4.69, 9.17) is 26.8 Å². The van der Waals surface area contributed by atoms with Crippen LogP contribution in [0.2, 0.25) is 5.02 Å². The molecule has 5 heteroatoms. The molecule has 0 unspecified atom stereocenters. The standard InChI is InChI=1S/C16H17ClN2O2/c1-20-10-5-6-12(14(17)7-10)13-3-2-4-15-16(13)21-11(8-18)9-19-15/h2-7,11,19H,8-9,18H2,1H3/t11-/m0/s1. The van der Waals surface area contributed by atoms with Crippen LogP contribution < -0.4 is 20.5 Å². The summed E-state index contributed by atoms with van der Waals surface area (Å²) in [7, 11) is 1.62. The second-order valence-corrected chi connectivity index (χ2v) is 5.29. The number of anilines is 1. The van der Waals surface area contributed by atoms with E-state index in [1.165, 1.54) is 0 Å². The van der Waals surface area contributed by atoms with Gasteiger partial charge in [0.2, 0.25) is 0 Å². The number of methoxy groups -OCH3 is 1. The highest BCUT2D eigenvalue weighted by molar-refractivity contribution is 6.33. The number of para-hydroxylation sites is 1. The average molecular weight is 305 g/mol. The molecule has 1 aliphatic rings. The molecule has 1 atom stereocenters. The van der Waals surface area contributed by atoms with Gasteiger partial charge in [0.15, 0.2) is 5.75 Å². The van der Waals surface area contributed by atoms with Crippen LogP contribution in [0.5, 0.6) is 11.5 Å². The van der Waals surface area contributed by atoms with Crippen LogP contribution in [0.15, 0.2) is 36.4 Å². The fourth-order valence-electron chi connectivity index (χ4n) is 2.42. The molecule has 110 valence electrons. The van der Waals surface area contributed by atoms with Gasteiger partial charge in [-0.3, -0.25) is 0 Å². The topological polar surface area (TPSA) is 56.5 Å². The molecule has 0 amide bonds. The number of fused-ring (bicyclic) bond motifs is 1. The molecular formula is C16H17ClN2O2. The van der Waals surface area contributed by atoms with Crippen LogP contribution in [0.25, 0.3) is 11.1 Å². The zero-order chi connectivity index (χ0) is 14.8. The Balaban J connectivity index is 2.07. The number of nitrogens with two attached hydrogens (primary N) is 1. The third-order valence-corrected chi connectivity index (χ3v) is 3.86. The number of ether oxygens (including phenoxy) is 2. The van der Waals surface area contributed by atoms with E-state index in [0.717, 1.165) is 28.3 Å². The van der Waals surface area contributed by atoms with Gasteiger partial charge in [0.05, 0.1) is 24.4 Å². The molecular weight excluding hydrogens is 288 g/mol. The lowest BCUT2D eigenvalue weighted by atomic mass is 10.0. The van der Waals surface area contributed by atoms with Crippen molar-refractivity contribution in [2.75, 3.05) is 25.5 Å². The quantitative estimate of drug-likeness (QED) is 0.914. The molecule has 4 nitrogen and oxygen atoms in total. The Labute approximate surface area is 128 Å². The van der Waals surface area contributed by atoms with Gasteiger partial charge < -0.3 is 20.5 Å². The number of benzene rings is 2. The number of hydrogen-bond donors (Lipinski definition) is 2. The van der Waals surface area contributed by atoms with Crippen LogP contribution in [-0.4, -0.2) is 26.3 Å². The SMILES string of the molecule is COc1ccc(-c2cccc3c2O[C@@H](CN)CN3)c(Cl)c1. The molecule has 1 aliphatic heterocycles. The Bertz CT molecular complexity index is 661. The van der Waals surface area contributed by atoms with Crippen LogP contribution in [-0.2, 0) is 0 Å². The summed E-state index contributed by atoms with van der Waals surface area (Å²) in [5.41, 5.74) is 8.53. The van der Waals surface area contributed by atoms with E-state index < -0.39 is 0 Å². The molecule has 0 aromatic heterocycles. The second kappa shape index (κ2) is 5.84. The van der Waals surface area contributed by atoms with Crippen molar-refractivity contribution < 1.29 is 9.47 Å². The molecule has 3 N–H and O–H groups in total. The molecule has 0 radical (unpaired) electrons. The summed E-state index contributed by atoms with van der Waals surface area (Å²) in [4.78, 5) is 0. The monoisotopic (exact) mass is 304 g/mol. The summed E-state index contributed by atoms with van der Waals surface area (Å²) in [6.45, 7) is 1.18. The molecule has 3 rings (SSSR count). The lowest BCUT2D eigenvalue weighted by Crippen LogP contribution is -2.37. The fourth-order valence-corrected chi connectivity index (χ4v) is 2.69. The van der Waals surface area contributed by atoms with Gasteiger partial charge in [0, 0.05) is 17.7 Å². The molecule has 1 heterocycles. The largest absolute Gasteiger partial charge is 0.497 e. The number of hydrogen-bond acceptors (Lipinski definition) is 4. The molecule has 2 aromatic rings. The van der Waals surface area contributed by atoms with E-state index in [2.05, 4.69) is 5.32 Å². The predicted octanol–water partition coefficient (Wildman–Crippen LogP) is 3.15. The zero-order valence-electron chi connectivity index (χ0n) is 11.7. The molecule has 0 saturated heterocycles. The second-order valence-electron chi connectivity index (χ2n) is 4.88. The van der Waals surface area contributed by atoms with Crippen LogP contribution in [0.3, 0.4) is 0 Å². The van der Waals surface area contributed by atoms with E-state index >= 15 is 0 Å². The molecule has 0 bridgehead atoms. The lowest BCUT2D eigenvalue weighted by Gasteiger charge is -2.28. The number of halogens is 1. The van der Waals surface area contributed by atoms with Crippen LogP contribution in [0.4, 0.5) is 5.69 Å². The van der Waals surface area contributed by atoms with Crippen molar-refractivity contribution in [2.24, 2.45) is 5.73 Å². The summed E-state index contributed by atoms with van der Waals surface area (Å²) in [5.74, 6) is 1.53. The Morgan fingerprint density at radius 3 is 2.90 bits per heavy atom. The first kappa shape index (κ1) is 14.0. The fraction of sp³-hybridized carbons (Fsp3) is 0.250. The van der Waals surface area contributed by atoms with Gasteiger partial charge in [0.25, 0.3) is 0 Å². The van der Waals surface area contributed by atoms with Crippen molar-refractivity contribution in [3.8, 4) is 22.6 Å². The Kier molecular flexibility index (Phi) is 3.90. The molecule has 0 saturated carbocycles. The van der Waals surface area contributed by atoms with Gasteiger partial charge in [-0.2, -0.15) is 0 Å². The van der Waals surface area contributed by atoms with Crippen molar-refractivity contribution in [3.05, 3.63) is 41.4 Å². The van der Waals surface area contributed by atoms with E-state index in [-0.39, 0.29) is 6.10 Å². The minimum absolute atomic E-state index is 0.0318. The highest BCUT2D eigenvalue weighted by Gasteiger charge is 2.22. The predicted molar refractivity (Wildman–Crippen MR) is 85.4 cm³/mol. The number of rotatable bonds is 3. The van der Waals surface area contributed by atoms with E-state index in [0.29, 0.717) is 18.1 Å². The average Bonchev–Trinajstić information content (AvgIpc) is 2.53. The minimum Gasteiger partial charge on any atom is -0.497 e. The molecule has 21 heavy (non-hydrogen) atoms. The first-order valence-corrected chi connectivity index (χ1v) is 7.18.